The van der Waals surface area contributed by atoms with E-state index < -0.39 is 8.07 Å². The monoisotopic (exact) mass is 362 g/mol. The summed E-state index contributed by atoms with van der Waals surface area (Å²) in [5, 5.41) is 3.19. The largest absolute Gasteiger partial charge is 0.272 e. The van der Waals surface area contributed by atoms with E-state index in [1.165, 1.54) is 36.3 Å². The van der Waals surface area contributed by atoms with E-state index in [-0.39, 0.29) is 0 Å². The van der Waals surface area contributed by atoms with Gasteiger partial charge in [0.1, 0.15) is 8.07 Å². The molecule has 3 rings (SSSR count). The predicted molar refractivity (Wildman–Crippen MR) is 116 cm³/mol. The van der Waals surface area contributed by atoms with Gasteiger partial charge in [-0.25, -0.2) is 0 Å². The minimum atomic E-state index is -1.70. The Hall–Kier alpha value is -1.90. The maximum absolute atomic E-state index is 2.47. The lowest BCUT2D eigenvalue weighted by molar-refractivity contribution is -0.826. The SMILES string of the molecule is CC(C)=C[N+]1(C=C(C)C)CC[Si](c2ccccc2)(c2ccccc2)CC1. The summed E-state index contributed by atoms with van der Waals surface area (Å²) < 4.78 is 1.01. The third kappa shape index (κ3) is 3.92. The Balaban J connectivity index is 2.03. The van der Waals surface area contributed by atoms with Crippen LogP contribution in [0.4, 0.5) is 0 Å². The van der Waals surface area contributed by atoms with E-state index in [1.807, 2.05) is 0 Å². The number of allylic oxidation sites excluding steroid dienone is 2. The van der Waals surface area contributed by atoms with Crippen molar-refractivity contribution in [2.24, 2.45) is 0 Å². The molecule has 2 aromatic carbocycles. The van der Waals surface area contributed by atoms with Gasteiger partial charge in [0.25, 0.3) is 0 Å². The number of nitrogens with zero attached hydrogens (tertiary/aromatic N) is 1. The van der Waals surface area contributed by atoms with Gasteiger partial charge in [-0.15, -0.1) is 0 Å². The minimum Gasteiger partial charge on any atom is -0.272 e. The first kappa shape index (κ1) is 18.9. The standard InChI is InChI=1S/C24H32NSi/c1-21(2)19-25(20-22(3)4)15-17-26(18-16-25,23-11-7-5-8-12-23)24-13-9-6-10-14-24/h5-14,19-20H,15-18H2,1-4H3/q+1. The summed E-state index contributed by atoms with van der Waals surface area (Å²) in [5.41, 5.74) is 2.83. The molecule has 136 valence electrons. The molecular weight excluding hydrogens is 330 g/mol. The Morgan fingerprint density at radius 1 is 0.692 bits per heavy atom. The number of hydrogen-bond donors (Lipinski definition) is 0. The van der Waals surface area contributed by atoms with Gasteiger partial charge >= 0.3 is 0 Å². The van der Waals surface area contributed by atoms with Crippen molar-refractivity contribution in [2.75, 3.05) is 13.1 Å². The average Bonchev–Trinajstić information content (AvgIpc) is 2.63. The number of quaternary nitrogens is 1. The van der Waals surface area contributed by atoms with Crippen molar-refractivity contribution < 1.29 is 4.48 Å². The van der Waals surface area contributed by atoms with Crippen LogP contribution in [-0.2, 0) is 0 Å². The highest BCUT2D eigenvalue weighted by Gasteiger charge is 2.45. The lowest BCUT2D eigenvalue weighted by Gasteiger charge is -2.44. The highest BCUT2D eigenvalue weighted by molar-refractivity contribution is 7.02. The Kier molecular flexibility index (Phi) is 5.64. The van der Waals surface area contributed by atoms with Crippen molar-refractivity contribution in [3.05, 3.63) is 84.2 Å². The summed E-state index contributed by atoms with van der Waals surface area (Å²) in [6, 6.07) is 25.3. The second-order valence-electron chi connectivity index (χ2n) is 8.28. The first-order chi connectivity index (χ1) is 12.5. The van der Waals surface area contributed by atoms with Gasteiger partial charge in [0.2, 0.25) is 0 Å². The molecule has 1 saturated heterocycles. The summed E-state index contributed by atoms with van der Waals surface area (Å²) >= 11 is 0. The van der Waals surface area contributed by atoms with Crippen molar-refractivity contribution in [1.29, 1.82) is 0 Å². The molecule has 1 aliphatic rings. The highest BCUT2D eigenvalue weighted by Crippen LogP contribution is 2.30. The Morgan fingerprint density at radius 2 is 1.08 bits per heavy atom. The van der Waals surface area contributed by atoms with Crippen LogP contribution in [-0.4, -0.2) is 25.6 Å². The molecule has 0 atom stereocenters. The molecule has 0 saturated carbocycles. The van der Waals surface area contributed by atoms with Crippen LogP contribution in [0.25, 0.3) is 0 Å². The fourth-order valence-corrected chi connectivity index (χ4v) is 9.61. The van der Waals surface area contributed by atoms with E-state index in [0.29, 0.717) is 0 Å². The topological polar surface area (TPSA) is 0 Å². The van der Waals surface area contributed by atoms with E-state index in [4.69, 9.17) is 0 Å². The number of benzene rings is 2. The first-order valence-electron chi connectivity index (χ1n) is 9.75. The Morgan fingerprint density at radius 3 is 1.42 bits per heavy atom. The molecule has 26 heavy (non-hydrogen) atoms. The maximum Gasteiger partial charge on any atom is 0.129 e. The second kappa shape index (κ2) is 7.77. The quantitative estimate of drug-likeness (QED) is 0.534. The van der Waals surface area contributed by atoms with Crippen LogP contribution in [0.1, 0.15) is 27.7 Å². The summed E-state index contributed by atoms with van der Waals surface area (Å²) in [4.78, 5) is 0. The molecule has 0 aromatic heterocycles. The van der Waals surface area contributed by atoms with E-state index >= 15 is 0 Å². The van der Waals surface area contributed by atoms with Gasteiger partial charge in [0.15, 0.2) is 0 Å². The predicted octanol–water partition coefficient (Wildman–Crippen LogP) is 4.93. The van der Waals surface area contributed by atoms with E-state index in [9.17, 15) is 0 Å². The molecular formula is C24H32NSi+. The van der Waals surface area contributed by atoms with Gasteiger partial charge < -0.3 is 0 Å². The van der Waals surface area contributed by atoms with Crippen LogP contribution in [0.3, 0.4) is 0 Å². The van der Waals surface area contributed by atoms with Gasteiger partial charge in [0, 0.05) is 12.1 Å². The zero-order chi connectivity index (χ0) is 18.6. The molecule has 0 amide bonds. The summed E-state index contributed by atoms with van der Waals surface area (Å²) in [5.74, 6) is 0. The van der Waals surface area contributed by atoms with E-state index in [0.717, 1.165) is 4.48 Å². The molecule has 1 heterocycles. The molecule has 0 bridgehead atoms. The molecule has 1 fully saturated rings. The van der Waals surface area contributed by atoms with Gasteiger partial charge in [-0.2, -0.15) is 0 Å². The second-order valence-corrected chi connectivity index (χ2v) is 12.6. The molecule has 0 aliphatic carbocycles. The third-order valence-electron chi connectivity index (χ3n) is 5.59. The van der Waals surface area contributed by atoms with Gasteiger partial charge in [-0.05, 0) is 38.8 Å². The highest BCUT2D eigenvalue weighted by atomic mass is 28.3. The van der Waals surface area contributed by atoms with Crippen LogP contribution in [0.2, 0.25) is 12.1 Å². The smallest absolute Gasteiger partial charge is 0.129 e. The fourth-order valence-electron chi connectivity index (χ4n) is 4.62. The first-order valence-corrected chi connectivity index (χ1v) is 12.2. The lowest BCUT2D eigenvalue weighted by Crippen LogP contribution is -2.65. The zero-order valence-electron chi connectivity index (χ0n) is 16.7. The minimum absolute atomic E-state index is 1.01. The van der Waals surface area contributed by atoms with Crippen molar-refractivity contribution >= 4 is 18.4 Å². The zero-order valence-corrected chi connectivity index (χ0v) is 17.7. The van der Waals surface area contributed by atoms with Crippen molar-refractivity contribution in [3.8, 4) is 0 Å². The van der Waals surface area contributed by atoms with E-state index in [2.05, 4.69) is 101 Å². The summed E-state index contributed by atoms with van der Waals surface area (Å²) in [6.07, 6.45) is 4.95. The van der Waals surface area contributed by atoms with Crippen LogP contribution in [0, 0.1) is 0 Å². The van der Waals surface area contributed by atoms with Gasteiger partial charge in [-0.3, -0.25) is 4.48 Å². The van der Waals surface area contributed by atoms with Crippen LogP contribution >= 0.6 is 0 Å². The molecule has 0 spiro atoms. The third-order valence-corrected chi connectivity index (χ3v) is 10.6. The molecule has 1 nitrogen and oxygen atoms in total. The summed E-state index contributed by atoms with van der Waals surface area (Å²) in [7, 11) is -1.70. The molecule has 0 unspecified atom stereocenters. The van der Waals surface area contributed by atoms with Crippen LogP contribution in [0.5, 0.6) is 0 Å². The Bertz CT molecular complexity index is 712. The Labute approximate surface area is 160 Å². The maximum atomic E-state index is 2.47. The van der Waals surface area contributed by atoms with Crippen molar-refractivity contribution in [2.45, 2.75) is 39.8 Å². The number of hydrogen-bond acceptors (Lipinski definition) is 0. The van der Waals surface area contributed by atoms with Crippen LogP contribution in [0.15, 0.2) is 84.2 Å². The molecule has 2 aromatic rings. The van der Waals surface area contributed by atoms with Gasteiger partial charge in [0.05, 0.1) is 25.5 Å². The molecule has 1 aliphatic heterocycles. The lowest BCUT2D eigenvalue weighted by atomic mass is 10.2. The average molecular weight is 363 g/mol. The number of rotatable bonds is 4. The summed E-state index contributed by atoms with van der Waals surface area (Å²) in [6.45, 7) is 11.3. The fraction of sp³-hybridized carbons (Fsp3) is 0.333. The molecule has 2 heteroatoms. The van der Waals surface area contributed by atoms with Gasteiger partial charge in [-0.1, -0.05) is 71.0 Å². The van der Waals surface area contributed by atoms with Crippen LogP contribution < -0.4 is 10.4 Å². The normalized spacial score (nSPS) is 18.0. The van der Waals surface area contributed by atoms with Crippen molar-refractivity contribution in [3.63, 3.8) is 0 Å². The molecule has 0 N–H and O–H groups in total. The van der Waals surface area contributed by atoms with E-state index in [1.54, 1.807) is 10.4 Å². The molecule has 0 radical (unpaired) electrons. The van der Waals surface area contributed by atoms with Crippen molar-refractivity contribution in [1.82, 2.24) is 0 Å².